The largest absolute Gasteiger partial charge is 0.549 e. The highest BCUT2D eigenvalue weighted by atomic mass is 30.4. The Kier molecular flexibility index (Phi) is 43.6. The van der Waals surface area contributed by atoms with Gasteiger partial charge in [-0.25, -0.2) is 0 Å². The Hall–Kier alpha value is 4.69. The molecule has 0 radical (unpaired) electrons. The zero-order valence-corrected chi connectivity index (χ0v) is 84.2. The SMILES string of the molecule is C[Si](=O)[Si](=O)[SiH](C)[Si](=O)[SiH](C)C.C[Si](C)(C)O[Si](C)(C)O[Si](O[Si](O[SiH2]O)([SiH2]O)[SiH2]O)([Si](O[SiH2]O)([SiH2]O)[Si](O)([SiH2]O)[SiH2]O)[Si](O[Si](O[SiH2]O)([SiH2]O)[Si](C)(O)CCC(F)(F)F)([Si](O[SiH2]O)([SiH2]O)[SiH2]O)[Si](O[SiH2]O)([SiH2]O)[SiH2]O.O=[Si]=O. The van der Waals surface area contributed by atoms with Gasteiger partial charge in [0.15, 0.2) is 81.1 Å². The highest BCUT2D eigenvalue weighted by Gasteiger charge is 2.94. The van der Waals surface area contributed by atoms with Gasteiger partial charge in [-0.05, 0) is 51.9 Å². The van der Waals surface area contributed by atoms with Crippen LogP contribution in [0.4, 0.5) is 13.2 Å². The third-order valence-electron chi connectivity index (χ3n) is 12.1. The fourth-order valence-corrected chi connectivity index (χ4v) is 503. The van der Waals surface area contributed by atoms with Crippen LogP contribution in [-0.4, -0.2) is 361 Å². The van der Waals surface area contributed by atoms with E-state index in [4.69, 9.17) is 46.0 Å². The van der Waals surface area contributed by atoms with E-state index in [9.17, 15) is 108 Å². The number of halogens is 3. The molecular weight excluding hydrogens is 1610 g/mol. The summed E-state index contributed by atoms with van der Waals surface area (Å²) in [5.74, 6) is 0. The van der Waals surface area contributed by atoms with Gasteiger partial charge in [0.05, 0.1) is 8.31 Å². The minimum absolute atomic E-state index is 0.903. The van der Waals surface area contributed by atoms with Crippen LogP contribution in [0.1, 0.15) is 6.42 Å². The van der Waals surface area contributed by atoms with Crippen LogP contribution in [-0.2, 0) is 59.3 Å². The topological polar surface area (TPSA) is 512 Å². The Morgan fingerprint density at radius 3 is 1.23 bits per heavy atom. The van der Waals surface area contributed by atoms with Gasteiger partial charge in [-0.1, -0.05) is 19.6 Å². The predicted molar refractivity (Wildman–Crippen MR) is 354 cm³/mol. The number of hydrogen-bond acceptors (Lipinski definition) is 31. The van der Waals surface area contributed by atoms with Gasteiger partial charge >= 0.3 is 62.7 Å². The molecule has 5 unspecified atom stereocenters. The molecule has 0 aliphatic rings. The van der Waals surface area contributed by atoms with Gasteiger partial charge in [-0.15, -0.1) is 0 Å². The lowest BCUT2D eigenvalue weighted by Gasteiger charge is -2.67. The summed E-state index contributed by atoms with van der Waals surface area (Å²) in [6.45, 7) is -11.9. The average molecular weight is 1690 g/mol. The first-order chi connectivity index (χ1) is 36.2. The maximum Gasteiger partial charge on any atom is 0.549 e. The maximum atomic E-state index is 14.1. The molecule has 0 aromatic carbocycles. The summed E-state index contributed by atoms with van der Waals surface area (Å²) in [6.07, 6.45) is -6.72. The highest BCUT2D eigenvalue weighted by molar-refractivity contribution is 8.19. The summed E-state index contributed by atoms with van der Waals surface area (Å²) in [5, 5.41) is 0. The van der Waals surface area contributed by atoms with Crippen molar-refractivity contribution in [2.24, 2.45) is 0 Å². The van der Waals surface area contributed by atoms with Crippen molar-refractivity contribution >= 4 is 274 Å². The van der Waals surface area contributed by atoms with E-state index < -0.39 is 292 Å². The second-order valence-corrected chi connectivity index (χ2v) is 196. The molecular formula is C13H83F3O31Si32. The minimum atomic E-state index is -6.41. The number of alkyl halides is 3. The molecule has 0 bridgehead atoms. The van der Waals surface area contributed by atoms with E-state index in [2.05, 4.69) is 0 Å². The smallest absolute Gasteiger partial charge is 0.441 e. The summed E-state index contributed by atoms with van der Waals surface area (Å²) >= 11 is 0. The van der Waals surface area contributed by atoms with Crippen molar-refractivity contribution in [3.8, 4) is 0 Å². The van der Waals surface area contributed by atoms with Gasteiger partial charge in [0.25, 0.3) is 63.8 Å². The van der Waals surface area contributed by atoms with Crippen LogP contribution in [0.3, 0.4) is 0 Å². The molecule has 0 rings (SSSR count). The van der Waals surface area contributed by atoms with Gasteiger partial charge in [0.2, 0.25) is 64.0 Å². The highest BCUT2D eigenvalue weighted by Crippen LogP contribution is 2.49. The van der Waals surface area contributed by atoms with Crippen molar-refractivity contribution in [1.82, 2.24) is 0 Å². The van der Waals surface area contributed by atoms with E-state index in [1.807, 2.05) is 19.6 Å². The van der Waals surface area contributed by atoms with E-state index in [1.165, 1.54) is 19.6 Å². The molecule has 79 heavy (non-hydrogen) atoms. The van der Waals surface area contributed by atoms with Crippen LogP contribution in [0.2, 0.25) is 71.5 Å². The predicted octanol–water partition coefficient (Wildman–Crippen LogP) is -23.7. The molecule has 0 fully saturated rings. The Bertz CT molecular complexity index is 1820. The Morgan fingerprint density at radius 1 is 0.544 bits per heavy atom. The second kappa shape index (κ2) is 39.2. The molecule has 0 amide bonds. The lowest BCUT2D eigenvalue weighted by atomic mass is 10.5. The maximum absolute atomic E-state index is 14.1. The molecule has 66 heteroatoms. The van der Waals surface area contributed by atoms with Gasteiger partial charge < -0.3 is 132 Å². The molecule has 0 heterocycles. The first-order valence-electron chi connectivity index (χ1n) is 23.5. The quantitative estimate of drug-likeness (QED) is 0.0253. The van der Waals surface area contributed by atoms with Crippen LogP contribution >= 0.6 is 0 Å². The zero-order chi connectivity index (χ0) is 63.0. The Labute approximate surface area is 507 Å². The zero-order valence-electron chi connectivity index (χ0n) is 45.6. The normalized spacial score (nSPS) is 22.0. The van der Waals surface area contributed by atoms with Crippen molar-refractivity contribution in [3.63, 3.8) is 0 Å². The van der Waals surface area contributed by atoms with Gasteiger partial charge in [0, 0.05) is 6.42 Å². The number of hydrogen-bond donors (Lipinski definition) is 17. The molecule has 0 saturated heterocycles. The molecule has 17 N–H and O–H groups in total. The van der Waals surface area contributed by atoms with Crippen LogP contribution in [0.5, 0.6) is 0 Å². The number of rotatable bonds is 40. The first-order valence-corrected chi connectivity index (χ1v) is 104. The van der Waals surface area contributed by atoms with E-state index in [0.29, 0.717) is 0 Å². The van der Waals surface area contributed by atoms with Crippen LogP contribution in [0, 0.1) is 0 Å². The van der Waals surface area contributed by atoms with Crippen molar-refractivity contribution in [3.05, 3.63) is 0 Å². The van der Waals surface area contributed by atoms with E-state index in [0.717, 1.165) is 6.55 Å². The van der Waals surface area contributed by atoms with Crippen molar-refractivity contribution in [2.75, 3.05) is 0 Å². The Morgan fingerprint density at radius 2 is 0.949 bits per heavy atom. The van der Waals surface area contributed by atoms with Crippen molar-refractivity contribution in [1.29, 1.82) is 0 Å². The van der Waals surface area contributed by atoms with Crippen molar-refractivity contribution < 1.29 is 154 Å². The summed E-state index contributed by atoms with van der Waals surface area (Å²) in [4.78, 5) is 198. The third-order valence-corrected chi connectivity index (χ3v) is 326. The monoisotopic (exact) mass is 1690 g/mol. The molecule has 5 atom stereocenters. The van der Waals surface area contributed by atoms with Gasteiger partial charge in [0.1, 0.15) is 0 Å². The fourth-order valence-electron chi connectivity index (χ4n) is 8.43. The van der Waals surface area contributed by atoms with Crippen molar-refractivity contribution in [2.45, 2.75) is 84.1 Å². The average Bonchev–Trinajstić information content (AvgIpc) is 3.37. The summed E-state index contributed by atoms with van der Waals surface area (Å²) < 4.78 is 152. The summed E-state index contributed by atoms with van der Waals surface area (Å²) in [6, 6.07) is -1.22. The molecule has 0 aliphatic carbocycles. The van der Waals surface area contributed by atoms with Crippen LogP contribution in [0.25, 0.3) is 0 Å². The standard InChI is InChI=1S/C9H69F3O26Si26.C4H14O3Si5.O2Si/c1-54(2,3)35-55(4,5)36-60(37-58(46-20,47-21)30-39-13,63(53-27,34-43-17)57(29,44-18)45-19)64(61(49-23,50-24)32-41-15,62(51-25,52-26)33-42-16)38-59(48-22,31-40-14)56(6,28)8-7-9(10,11)12;1-8(2)11(6)10(4)12(7)9(3)5;1-3-2/h13-29H,7-8,39-53H2,1-6H3;8,10H,1-4H3;. The van der Waals surface area contributed by atoms with E-state index in [-0.39, 0.29) is 0 Å². The molecule has 0 aromatic rings. The molecule has 0 aromatic heterocycles. The fraction of sp³-hybridized carbons (Fsp3) is 1.00. The van der Waals surface area contributed by atoms with E-state index in [1.54, 1.807) is 19.6 Å². The molecule has 0 aliphatic heterocycles. The second-order valence-electron chi connectivity index (χ2n) is 19.3. The molecule has 0 spiro atoms. The van der Waals surface area contributed by atoms with Gasteiger partial charge in [-0.3, -0.25) is 8.92 Å². The van der Waals surface area contributed by atoms with Crippen LogP contribution in [0.15, 0.2) is 0 Å². The lowest BCUT2D eigenvalue weighted by molar-refractivity contribution is -0.131. The first kappa shape index (κ1) is 87.9. The Balaban J connectivity index is -0.00000334. The molecule has 470 valence electrons. The lowest BCUT2D eigenvalue weighted by Crippen LogP contribution is -3.09. The van der Waals surface area contributed by atoms with Crippen LogP contribution < -0.4 is 0 Å². The summed E-state index contributed by atoms with van der Waals surface area (Å²) in [7, 11) is -86.6. The van der Waals surface area contributed by atoms with E-state index >= 15 is 0 Å². The summed E-state index contributed by atoms with van der Waals surface area (Å²) in [5.41, 5.74) is 0. The van der Waals surface area contributed by atoms with Gasteiger partial charge in [-0.2, -0.15) is 13.2 Å². The molecule has 0 saturated carbocycles. The molecule has 31 nitrogen and oxygen atoms in total. The minimum Gasteiger partial charge on any atom is -0.441 e. The third kappa shape index (κ3) is 22.2.